The van der Waals surface area contributed by atoms with Crippen molar-refractivity contribution >= 4 is 0 Å². The predicted molar refractivity (Wildman–Crippen MR) is 58.1 cm³/mol. The molecule has 0 aromatic heterocycles. The van der Waals surface area contributed by atoms with Gasteiger partial charge in [-0.15, -0.1) is 0 Å². The molecule has 74 valence electrons. The maximum atomic E-state index is 9.14. The van der Waals surface area contributed by atoms with Crippen molar-refractivity contribution in [2.24, 2.45) is 0 Å². The van der Waals surface area contributed by atoms with Crippen LogP contribution in [0.1, 0.15) is 12.8 Å². The van der Waals surface area contributed by atoms with E-state index in [0.717, 1.165) is 17.6 Å². The molecule has 1 rings (SSSR count). The molecular formula is C12H14O2. The van der Waals surface area contributed by atoms with E-state index in [1.54, 1.807) is 12.2 Å². The monoisotopic (exact) mass is 190 g/mol. The van der Waals surface area contributed by atoms with Crippen molar-refractivity contribution in [3.8, 4) is 0 Å². The Morgan fingerprint density at radius 2 is 1.93 bits per heavy atom. The lowest BCUT2D eigenvalue weighted by molar-refractivity contribution is 0.386. The Kier molecular flexibility index (Phi) is 3.35. The van der Waals surface area contributed by atoms with Gasteiger partial charge in [-0.2, -0.15) is 0 Å². The molecule has 0 bridgehead atoms. The Balaban J connectivity index is 2.67. The summed E-state index contributed by atoms with van der Waals surface area (Å²) >= 11 is 0. The van der Waals surface area contributed by atoms with Gasteiger partial charge in [0, 0.05) is 6.42 Å². The fourth-order valence-corrected chi connectivity index (χ4v) is 1.20. The summed E-state index contributed by atoms with van der Waals surface area (Å²) in [5, 5.41) is 18.0. The van der Waals surface area contributed by atoms with E-state index in [9.17, 15) is 0 Å². The van der Waals surface area contributed by atoms with E-state index in [1.807, 2.05) is 6.08 Å². The lowest BCUT2D eigenvalue weighted by Gasteiger charge is -2.10. The summed E-state index contributed by atoms with van der Waals surface area (Å²) in [6.07, 6.45) is 8.16. The third-order valence-corrected chi connectivity index (χ3v) is 2.02. The van der Waals surface area contributed by atoms with E-state index >= 15 is 0 Å². The molecule has 2 N–H and O–H groups in total. The zero-order valence-corrected chi connectivity index (χ0v) is 8.03. The first-order chi connectivity index (χ1) is 6.59. The van der Waals surface area contributed by atoms with Gasteiger partial charge in [0.15, 0.2) is 0 Å². The quantitative estimate of drug-likeness (QED) is 0.529. The number of rotatable bonds is 3. The molecule has 1 aliphatic carbocycles. The van der Waals surface area contributed by atoms with Crippen molar-refractivity contribution < 1.29 is 10.2 Å². The largest absolute Gasteiger partial charge is 0.512 e. The minimum absolute atomic E-state index is 0.0148. The molecule has 0 amide bonds. The van der Waals surface area contributed by atoms with Crippen LogP contribution in [-0.4, -0.2) is 10.2 Å². The number of aliphatic hydroxyl groups is 2. The van der Waals surface area contributed by atoms with Crippen molar-refractivity contribution in [2.75, 3.05) is 0 Å². The smallest absolute Gasteiger partial charge is 0.108 e. The van der Waals surface area contributed by atoms with Crippen LogP contribution in [0.2, 0.25) is 0 Å². The van der Waals surface area contributed by atoms with Gasteiger partial charge in [-0.1, -0.05) is 25.3 Å². The van der Waals surface area contributed by atoms with Gasteiger partial charge in [-0.3, -0.25) is 0 Å². The van der Waals surface area contributed by atoms with Gasteiger partial charge in [-0.25, -0.2) is 0 Å². The highest BCUT2D eigenvalue weighted by molar-refractivity contribution is 5.42. The summed E-state index contributed by atoms with van der Waals surface area (Å²) < 4.78 is 0. The molecule has 0 aromatic rings. The maximum absolute atomic E-state index is 9.14. The molecule has 0 heterocycles. The highest BCUT2D eigenvalue weighted by atomic mass is 16.3. The lowest BCUT2D eigenvalue weighted by Crippen LogP contribution is -1.94. The molecule has 0 atom stereocenters. The molecule has 0 aliphatic heterocycles. The van der Waals surface area contributed by atoms with Gasteiger partial charge in [0.1, 0.15) is 5.76 Å². The van der Waals surface area contributed by atoms with Crippen molar-refractivity contribution in [2.45, 2.75) is 12.8 Å². The average Bonchev–Trinajstić information content (AvgIpc) is 2.15. The van der Waals surface area contributed by atoms with Crippen LogP contribution >= 0.6 is 0 Å². The molecule has 0 radical (unpaired) electrons. The number of hydrogen-bond donors (Lipinski definition) is 2. The third kappa shape index (κ3) is 2.98. The Morgan fingerprint density at radius 3 is 2.43 bits per heavy atom. The third-order valence-electron chi connectivity index (χ3n) is 2.02. The molecule has 0 saturated carbocycles. The van der Waals surface area contributed by atoms with Crippen LogP contribution in [0.4, 0.5) is 0 Å². The fraction of sp³-hybridized carbons (Fsp3) is 0.167. The van der Waals surface area contributed by atoms with E-state index in [2.05, 4.69) is 13.2 Å². The van der Waals surface area contributed by atoms with Crippen molar-refractivity contribution in [3.63, 3.8) is 0 Å². The summed E-state index contributed by atoms with van der Waals surface area (Å²) in [5.41, 5.74) is 1.91. The second kappa shape index (κ2) is 4.51. The Hall–Kier alpha value is -1.70. The van der Waals surface area contributed by atoms with Crippen LogP contribution < -0.4 is 0 Å². The molecule has 0 spiro atoms. The van der Waals surface area contributed by atoms with Crippen LogP contribution in [-0.2, 0) is 0 Å². The molecule has 2 heteroatoms. The van der Waals surface area contributed by atoms with Crippen molar-refractivity contribution in [1.29, 1.82) is 0 Å². The van der Waals surface area contributed by atoms with Gasteiger partial charge in [0.2, 0.25) is 0 Å². The van der Waals surface area contributed by atoms with Gasteiger partial charge in [0.25, 0.3) is 0 Å². The highest BCUT2D eigenvalue weighted by Gasteiger charge is 2.05. The summed E-state index contributed by atoms with van der Waals surface area (Å²) in [5.74, 6) is 0.415. The SMILES string of the molecule is C=C(O)/C=C\C(=C)C1=CC=C(O)CC1. The van der Waals surface area contributed by atoms with Crippen LogP contribution in [0.5, 0.6) is 0 Å². The van der Waals surface area contributed by atoms with Gasteiger partial charge in [0.05, 0.1) is 5.76 Å². The van der Waals surface area contributed by atoms with Gasteiger partial charge < -0.3 is 10.2 Å². The summed E-state index contributed by atoms with van der Waals surface area (Å²) in [4.78, 5) is 0. The normalized spacial score (nSPS) is 16.3. The lowest BCUT2D eigenvalue weighted by atomic mass is 9.97. The Bertz CT molecular complexity index is 343. The van der Waals surface area contributed by atoms with E-state index in [-0.39, 0.29) is 5.76 Å². The molecular weight excluding hydrogens is 176 g/mol. The van der Waals surface area contributed by atoms with E-state index in [0.29, 0.717) is 12.2 Å². The standard InChI is InChI=1S/C12H14O2/c1-9(3-4-10(2)13)11-5-7-12(14)8-6-11/h3-5,7,13-14H,1-2,6,8H2/b4-3-. The molecule has 14 heavy (non-hydrogen) atoms. The van der Waals surface area contributed by atoms with Crippen molar-refractivity contribution in [3.05, 3.63) is 60.1 Å². The van der Waals surface area contributed by atoms with Gasteiger partial charge in [-0.05, 0) is 29.7 Å². The molecule has 0 fully saturated rings. The van der Waals surface area contributed by atoms with Crippen LogP contribution in [0.15, 0.2) is 60.1 Å². The zero-order valence-electron chi connectivity index (χ0n) is 8.03. The second-order valence-corrected chi connectivity index (χ2v) is 3.20. The number of hydrogen-bond acceptors (Lipinski definition) is 2. The van der Waals surface area contributed by atoms with Gasteiger partial charge >= 0.3 is 0 Å². The molecule has 0 saturated heterocycles. The minimum Gasteiger partial charge on any atom is -0.512 e. The topological polar surface area (TPSA) is 40.5 Å². The molecule has 0 unspecified atom stereocenters. The number of allylic oxidation sites excluding steroid dienone is 7. The molecule has 1 aliphatic rings. The number of aliphatic hydroxyl groups excluding tert-OH is 2. The maximum Gasteiger partial charge on any atom is 0.108 e. The van der Waals surface area contributed by atoms with E-state index < -0.39 is 0 Å². The van der Waals surface area contributed by atoms with E-state index in [1.165, 1.54) is 6.08 Å². The minimum atomic E-state index is 0.0148. The Labute approximate surface area is 83.9 Å². The second-order valence-electron chi connectivity index (χ2n) is 3.20. The van der Waals surface area contributed by atoms with Crippen molar-refractivity contribution in [1.82, 2.24) is 0 Å². The highest BCUT2D eigenvalue weighted by Crippen LogP contribution is 2.22. The summed E-state index contributed by atoms with van der Waals surface area (Å²) in [7, 11) is 0. The van der Waals surface area contributed by atoms with Crippen LogP contribution in [0.25, 0.3) is 0 Å². The van der Waals surface area contributed by atoms with E-state index in [4.69, 9.17) is 10.2 Å². The first kappa shape index (κ1) is 10.4. The fourth-order valence-electron chi connectivity index (χ4n) is 1.20. The predicted octanol–water partition coefficient (Wildman–Crippen LogP) is 3.33. The average molecular weight is 190 g/mol. The first-order valence-electron chi connectivity index (χ1n) is 4.43. The summed E-state index contributed by atoms with van der Waals surface area (Å²) in [6.45, 7) is 7.20. The first-order valence-corrected chi connectivity index (χ1v) is 4.43. The Morgan fingerprint density at radius 1 is 1.21 bits per heavy atom. The zero-order chi connectivity index (χ0) is 10.6. The molecule has 2 nitrogen and oxygen atoms in total. The van der Waals surface area contributed by atoms with Crippen LogP contribution in [0.3, 0.4) is 0 Å². The molecule has 0 aromatic carbocycles. The summed E-state index contributed by atoms with van der Waals surface area (Å²) in [6, 6.07) is 0. The van der Waals surface area contributed by atoms with Crippen LogP contribution in [0, 0.1) is 0 Å².